The van der Waals surface area contributed by atoms with E-state index in [0.717, 1.165) is 0 Å². The fourth-order valence-corrected chi connectivity index (χ4v) is 4.40. The molecule has 11 nitrogen and oxygen atoms in total. The number of likely N-dealkylation sites (N-methyl/N-ethyl adjacent to an activating group) is 1. The minimum atomic E-state index is -0.326. The van der Waals surface area contributed by atoms with Gasteiger partial charge in [-0.3, -0.25) is 14.2 Å². The molecule has 0 aliphatic carbocycles. The lowest BCUT2D eigenvalue weighted by Crippen LogP contribution is -2.54. The number of nitrogens with two attached hydrogens (primary N) is 1. The fourth-order valence-electron chi connectivity index (χ4n) is 4.11. The molecule has 1 saturated heterocycles. The highest BCUT2D eigenvalue weighted by molar-refractivity contribution is 6.35. The molecule has 0 bridgehead atoms. The summed E-state index contributed by atoms with van der Waals surface area (Å²) in [6.07, 6.45) is 4.86. The first-order valence-electron chi connectivity index (χ1n) is 12.0. The lowest BCUT2D eigenvalue weighted by molar-refractivity contribution is -0.139. The summed E-state index contributed by atoms with van der Waals surface area (Å²) in [7, 11) is 6.89. The molecule has 1 aliphatic rings. The van der Waals surface area contributed by atoms with Crippen LogP contribution in [0.15, 0.2) is 41.3 Å². The zero-order chi connectivity index (χ0) is 27.4. The minimum Gasteiger partial charge on any atom is -0.497 e. The summed E-state index contributed by atoms with van der Waals surface area (Å²) in [5, 5.41) is 0.888. The zero-order valence-corrected chi connectivity index (χ0v) is 22.6. The summed E-state index contributed by atoms with van der Waals surface area (Å²) in [5.74, 6) is 0.879. The number of hydrogen-bond acceptors (Lipinski definition) is 9. The van der Waals surface area contributed by atoms with Gasteiger partial charge in [0, 0.05) is 54.5 Å². The van der Waals surface area contributed by atoms with Crippen LogP contribution in [-0.2, 0) is 16.1 Å². The number of nitrogens with zero attached hydrogens (tertiary/aromatic N) is 5. The van der Waals surface area contributed by atoms with Crippen molar-refractivity contribution in [1.82, 2.24) is 24.3 Å². The van der Waals surface area contributed by atoms with Gasteiger partial charge in [0.15, 0.2) is 0 Å². The molecule has 2 N–H and O–H groups in total. The van der Waals surface area contributed by atoms with Crippen LogP contribution in [0.3, 0.4) is 0 Å². The third-order valence-electron chi connectivity index (χ3n) is 6.16. The number of likely N-dealkylation sites (tertiary alicyclic amines) is 1. The number of halogens is 1. The lowest BCUT2D eigenvalue weighted by atomic mass is 10.0. The van der Waals surface area contributed by atoms with Crippen LogP contribution < -0.4 is 20.8 Å². The number of pyridine rings is 1. The van der Waals surface area contributed by atoms with Gasteiger partial charge in [0.25, 0.3) is 5.56 Å². The third-order valence-corrected chi connectivity index (χ3v) is 6.55. The van der Waals surface area contributed by atoms with Crippen molar-refractivity contribution in [2.45, 2.75) is 12.6 Å². The molecule has 1 aromatic carbocycles. The Labute approximate surface area is 225 Å². The van der Waals surface area contributed by atoms with Gasteiger partial charge in [-0.2, -0.15) is 4.98 Å². The van der Waals surface area contributed by atoms with E-state index in [4.69, 9.17) is 31.5 Å². The molecule has 0 saturated carbocycles. The number of hydrogen-bond donors (Lipinski definition) is 1. The van der Waals surface area contributed by atoms with Crippen molar-refractivity contribution in [2.75, 3.05) is 60.3 Å². The molecule has 3 aromatic rings. The van der Waals surface area contributed by atoms with E-state index >= 15 is 0 Å². The molecular formula is C26H31ClN6O5. The van der Waals surface area contributed by atoms with Crippen LogP contribution >= 0.6 is 11.6 Å². The van der Waals surface area contributed by atoms with Crippen molar-refractivity contribution in [3.8, 4) is 22.6 Å². The van der Waals surface area contributed by atoms with Crippen LogP contribution in [0.25, 0.3) is 22.2 Å². The molecule has 0 radical (unpaired) electrons. The van der Waals surface area contributed by atoms with E-state index in [1.54, 1.807) is 35.4 Å². The maximum Gasteiger partial charge on any atom is 0.260 e. The smallest absolute Gasteiger partial charge is 0.260 e. The highest BCUT2D eigenvalue weighted by atomic mass is 35.5. The SMILES string of the molecule is COc1cc(OC)c(Cl)c(-c2cc3cnc(N)nc3n(CCOC3CN(C(=O)C=CCN(C)C)C3)c2=O)c1. The second-order valence-electron chi connectivity index (χ2n) is 9.11. The van der Waals surface area contributed by atoms with Crippen molar-refractivity contribution in [3.05, 3.63) is 51.9 Å². The number of carbonyl (C=O) groups excluding carboxylic acids is 1. The van der Waals surface area contributed by atoms with Crippen LogP contribution in [0, 0.1) is 0 Å². The maximum absolute atomic E-state index is 13.7. The average Bonchev–Trinajstić information content (AvgIpc) is 2.86. The Morgan fingerprint density at radius 1 is 1.21 bits per heavy atom. The quantitative estimate of drug-likeness (QED) is 0.383. The minimum absolute atomic E-state index is 0.0422. The number of aromatic nitrogens is 3. The van der Waals surface area contributed by atoms with Crippen molar-refractivity contribution in [1.29, 1.82) is 0 Å². The third kappa shape index (κ3) is 5.90. The van der Waals surface area contributed by atoms with Gasteiger partial charge in [-0.1, -0.05) is 17.7 Å². The summed E-state index contributed by atoms with van der Waals surface area (Å²) in [6.45, 7) is 2.14. The first kappa shape index (κ1) is 27.4. The van der Waals surface area contributed by atoms with Gasteiger partial charge in [0.1, 0.15) is 17.1 Å². The summed E-state index contributed by atoms with van der Waals surface area (Å²) < 4.78 is 18.2. The highest BCUT2D eigenvalue weighted by Gasteiger charge is 2.30. The summed E-state index contributed by atoms with van der Waals surface area (Å²) in [5.41, 5.74) is 6.67. The molecule has 0 spiro atoms. The van der Waals surface area contributed by atoms with Crippen LogP contribution in [-0.4, -0.2) is 90.9 Å². The van der Waals surface area contributed by atoms with Gasteiger partial charge in [-0.05, 0) is 26.2 Å². The molecule has 38 heavy (non-hydrogen) atoms. The highest BCUT2D eigenvalue weighted by Crippen LogP contribution is 2.38. The summed E-state index contributed by atoms with van der Waals surface area (Å²) in [6, 6.07) is 5.00. The Bertz CT molecular complexity index is 1420. The summed E-state index contributed by atoms with van der Waals surface area (Å²) >= 11 is 6.59. The Hall–Kier alpha value is -3.67. The number of carbonyl (C=O) groups is 1. The van der Waals surface area contributed by atoms with Crippen molar-refractivity contribution in [3.63, 3.8) is 0 Å². The van der Waals surface area contributed by atoms with E-state index in [0.29, 0.717) is 53.3 Å². The summed E-state index contributed by atoms with van der Waals surface area (Å²) in [4.78, 5) is 38.0. The van der Waals surface area contributed by atoms with E-state index in [1.165, 1.54) is 18.8 Å². The molecule has 202 valence electrons. The Kier molecular flexibility index (Phi) is 8.50. The number of ether oxygens (including phenoxy) is 3. The molecule has 3 heterocycles. The van der Waals surface area contributed by atoms with Gasteiger partial charge in [0.05, 0.1) is 38.5 Å². The molecule has 2 aromatic heterocycles. The normalized spacial score (nSPS) is 13.9. The van der Waals surface area contributed by atoms with Crippen molar-refractivity contribution < 1.29 is 19.0 Å². The Balaban J connectivity index is 1.55. The molecule has 4 rings (SSSR count). The van der Waals surface area contributed by atoms with Crippen LogP contribution in [0.4, 0.5) is 5.95 Å². The van der Waals surface area contributed by atoms with E-state index in [2.05, 4.69) is 9.97 Å². The molecule has 1 fully saturated rings. The van der Waals surface area contributed by atoms with Gasteiger partial charge >= 0.3 is 0 Å². The molecule has 0 atom stereocenters. The molecule has 1 amide bonds. The van der Waals surface area contributed by atoms with E-state index in [1.807, 2.05) is 25.1 Å². The van der Waals surface area contributed by atoms with Crippen LogP contribution in [0.2, 0.25) is 5.02 Å². The molecule has 1 aliphatic heterocycles. The number of benzene rings is 1. The molecule has 0 unspecified atom stereocenters. The fraction of sp³-hybridized carbons (Fsp3) is 0.385. The van der Waals surface area contributed by atoms with Crippen LogP contribution in [0.5, 0.6) is 11.5 Å². The molecular weight excluding hydrogens is 512 g/mol. The van der Waals surface area contributed by atoms with E-state index in [-0.39, 0.29) is 41.7 Å². The number of methoxy groups -OCH3 is 2. The van der Waals surface area contributed by atoms with Crippen molar-refractivity contribution in [2.24, 2.45) is 0 Å². The first-order valence-corrected chi connectivity index (χ1v) is 12.4. The number of anilines is 1. The first-order chi connectivity index (χ1) is 18.2. The largest absolute Gasteiger partial charge is 0.497 e. The van der Waals surface area contributed by atoms with Gasteiger partial charge in [-0.15, -0.1) is 0 Å². The average molecular weight is 543 g/mol. The molecule has 12 heteroatoms. The number of fused-ring (bicyclic) bond motifs is 1. The van der Waals surface area contributed by atoms with Gasteiger partial charge in [-0.25, -0.2) is 4.98 Å². The Morgan fingerprint density at radius 2 is 1.97 bits per heavy atom. The lowest BCUT2D eigenvalue weighted by Gasteiger charge is -2.38. The number of rotatable bonds is 10. The second kappa shape index (κ2) is 11.8. The van der Waals surface area contributed by atoms with E-state index < -0.39 is 0 Å². The van der Waals surface area contributed by atoms with E-state index in [9.17, 15) is 9.59 Å². The topological polar surface area (TPSA) is 125 Å². The monoisotopic (exact) mass is 542 g/mol. The van der Waals surface area contributed by atoms with Gasteiger partial charge in [0.2, 0.25) is 11.9 Å². The number of nitrogen functional groups attached to an aromatic ring is 1. The van der Waals surface area contributed by atoms with Gasteiger partial charge < -0.3 is 29.7 Å². The Morgan fingerprint density at radius 3 is 2.66 bits per heavy atom. The maximum atomic E-state index is 13.7. The van der Waals surface area contributed by atoms with Crippen LogP contribution in [0.1, 0.15) is 0 Å². The second-order valence-corrected chi connectivity index (χ2v) is 9.49. The predicted molar refractivity (Wildman–Crippen MR) is 146 cm³/mol. The predicted octanol–water partition coefficient (Wildman–Crippen LogP) is 2.06. The number of amides is 1. The van der Waals surface area contributed by atoms with Crippen molar-refractivity contribution >= 4 is 34.5 Å². The zero-order valence-electron chi connectivity index (χ0n) is 21.8. The standard InChI is InChI=1S/C26H31ClN6O5/c1-31(2)7-5-6-22(34)32-14-18(15-32)38-9-8-33-24-16(13-29-26(28)30-24)10-20(25(33)35)19-11-17(36-3)12-21(37-4)23(19)27/h5-6,10-13,18H,7-9,14-15H2,1-4H3,(H2,28,29,30).